The molecule has 1 aromatic rings. The van der Waals surface area contributed by atoms with E-state index in [0.29, 0.717) is 11.3 Å². The molecule has 0 radical (unpaired) electrons. The van der Waals surface area contributed by atoms with Crippen LogP contribution < -0.4 is 5.32 Å². The number of benzene rings is 1. The predicted molar refractivity (Wildman–Crippen MR) is 680 cm³/mol. The minimum absolute atomic E-state index is 0.0182. The van der Waals surface area contributed by atoms with Crippen molar-refractivity contribution in [3.8, 4) is 0 Å². The van der Waals surface area contributed by atoms with Gasteiger partial charge >= 0.3 is 0 Å². The van der Waals surface area contributed by atoms with Crippen LogP contribution in [0.15, 0.2) is 18.2 Å². The highest BCUT2D eigenvalue weighted by Crippen LogP contribution is 2.37. The topological polar surface area (TPSA) is 46.2 Å². The Kier molecular flexibility index (Phi) is 109. The van der Waals surface area contributed by atoms with Crippen LogP contribution in [0, 0.1) is 5.41 Å². The van der Waals surface area contributed by atoms with Crippen molar-refractivity contribution in [3.63, 3.8) is 0 Å². The number of carbonyl (C=O) groups excluding carboxylic acids is 2. The number of rotatable bonds is 3. The van der Waals surface area contributed by atoms with Crippen molar-refractivity contribution in [2.75, 3.05) is 5.32 Å². The average Bonchev–Trinajstić information content (AvgIpc) is 0.812. The highest BCUT2D eigenvalue weighted by Gasteiger charge is 2.35. The fourth-order valence-electron chi connectivity index (χ4n) is 3.93. The van der Waals surface area contributed by atoms with Gasteiger partial charge in [-0.1, -0.05) is 53.0 Å². The van der Waals surface area contributed by atoms with E-state index in [-0.39, 0.29) is 16.7 Å². The van der Waals surface area contributed by atoms with Crippen LogP contribution in [-0.2, 0) is 725 Å². The van der Waals surface area contributed by atoms with Crippen LogP contribution in [0.3, 0.4) is 0 Å². The van der Waals surface area contributed by atoms with Crippen LogP contribution in [0.2, 0.25) is 0 Å². The Bertz CT molecular complexity index is 6820. The molecule has 600 valence electrons. The lowest BCUT2D eigenvalue weighted by molar-refractivity contribution is -0.126. The fraction of sp³-hybridized carbons (Fsp3) is 0.579. The Morgan fingerprint density at radius 3 is 0.618 bits per heavy atom. The number of aldehydes is 1. The third-order valence-electron chi connectivity index (χ3n) is 6.94. The Labute approximate surface area is 824 Å². The van der Waals surface area contributed by atoms with Gasteiger partial charge in [-0.25, -0.2) is 0 Å². The number of nitrogens with one attached hydrogen (secondary N) is 1. The summed E-state index contributed by atoms with van der Waals surface area (Å²) >= 11 is 9.65. The zero-order chi connectivity index (χ0) is 73.5. The predicted octanol–water partition coefficient (Wildman–Crippen LogP) is 4.51. The Morgan fingerprint density at radius 1 is 0.304 bits per heavy atom. The van der Waals surface area contributed by atoms with Crippen LogP contribution in [0.1, 0.15) is 75.7 Å². The van der Waals surface area contributed by atoms with E-state index in [4.69, 9.17) is 22.4 Å². The van der Waals surface area contributed by atoms with Crippen molar-refractivity contribution in [3.05, 3.63) is 29.3 Å². The van der Waals surface area contributed by atoms with Crippen molar-refractivity contribution in [1.29, 1.82) is 0 Å². The van der Waals surface area contributed by atoms with Crippen LogP contribution in [0.25, 0.3) is 0 Å². The molecule has 2 rings (SSSR count). The summed E-state index contributed by atoms with van der Waals surface area (Å²) in [5.41, 5.74) is 1.97. The number of anilines is 1. The molecule has 0 spiro atoms. The van der Waals surface area contributed by atoms with Gasteiger partial charge in [-0.15, -0.1) is 0 Å². The zero-order valence-electron chi connectivity index (χ0n) is 46.8. The van der Waals surface area contributed by atoms with Crippen molar-refractivity contribution in [1.82, 2.24) is 0 Å². The maximum Gasteiger partial charge on any atom is 0.230 e. The van der Waals surface area contributed by atoms with E-state index in [1.54, 1.807) is 113 Å². The molecule has 1 fully saturated rings. The largest absolute Gasteiger partial charge is 0.325 e. The lowest BCUT2D eigenvalue weighted by Crippen LogP contribution is -2.35. The van der Waals surface area contributed by atoms with Gasteiger partial charge in [-0.05, 0) is 36.0 Å². The van der Waals surface area contributed by atoms with Gasteiger partial charge in [-0.3, -0.25) is 9.59 Å². The molecule has 1 amide bonds. The number of hydrogen-bond donors (Lipinski definition) is 1. The second kappa shape index (κ2) is 96.1. The standard InChI is InChI=1S/C19H27NO2.S80/c1-18(2,3)15-9-8-14(13-21)16(12-15)20-17(22)19(4)10-6-5-7-11-19;1-3-5-7-9-11-13-15-17-19-21-23-25-27-29-31-33-35-37-39-41-43-45-47-49-51-53-55-57-59-61-63-65-67-69-71-73-75-77-79-80-78-76-74-72-70-68-66-64-62-60-58-56-54-52-50-48-46-44-42-40-38-36-34-32-30-28-26-24-22-20-18-16-14-12-10-8-6-4-2/h8-9,12-13H,5-7,10-11H2,1-4H3,(H,20,22);. The second-order valence-corrected chi connectivity index (χ2v) is 151. The molecule has 1 saturated carbocycles. The number of hydrogen-bond acceptors (Lipinski definition) is 4. The van der Waals surface area contributed by atoms with Gasteiger partial charge in [0, 0.05) is 726 Å². The molecular weight excluding hydrogens is 2840 g/mol. The van der Waals surface area contributed by atoms with Crippen LogP contribution in [0.4, 0.5) is 5.69 Å². The van der Waals surface area contributed by atoms with Crippen LogP contribution >= 0.6 is 0 Å². The van der Waals surface area contributed by atoms with E-state index in [2.05, 4.69) is 26.1 Å². The molecule has 3 nitrogen and oxygen atoms in total. The van der Waals surface area contributed by atoms with E-state index >= 15 is 0 Å². The van der Waals surface area contributed by atoms with Crippen molar-refractivity contribution in [2.24, 2.45) is 5.41 Å². The molecule has 0 bridgehead atoms. The summed E-state index contributed by atoms with van der Waals surface area (Å²) in [5.74, 6) is 0.0429. The summed E-state index contributed by atoms with van der Waals surface area (Å²) in [7, 11) is 141. The molecular formula is C19H27NO2S80. The molecule has 102 heavy (non-hydrogen) atoms. The quantitative estimate of drug-likeness (QED) is 0.454. The molecule has 0 aromatic heterocycles. The van der Waals surface area contributed by atoms with E-state index < -0.39 is 0 Å². The summed E-state index contributed by atoms with van der Waals surface area (Å²) in [6.07, 6.45) is 6.08. The summed E-state index contributed by atoms with van der Waals surface area (Å²) in [6.45, 7) is 8.40. The highest BCUT2D eigenvalue weighted by molar-refractivity contribution is 8.85. The molecule has 1 aliphatic rings. The van der Waals surface area contributed by atoms with Crippen LogP contribution in [-0.4, -0.2) is 12.2 Å². The normalized spacial score (nSPS) is 10.0. The van der Waals surface area contributed by atoms with E-state index in [0.717, 1.165) is 37.5 Å². The Balaban J connectivity index is 0.00000198. The van der Waals surface area contributed by atoms with Gasteiger partial charge in [0.1, 0.15) is 0 Å². The van der Waals surface area contributed by atoms with Gasteiger partial charge < -0.3 is 5.32 Å². The first kappa shape index (κ1) is 116. The SMILES string of the molecule is CC1(C(=O)Nc2cc(C(C)(C)C)ccc2C=O)CCCCC1.S=S=S=S=S=S=S=S=S=S=S=S=S=S=S=S=S=S=S=S=S=S=S=S=S=S=S=S=S=S=S=S=S=S=S=S=S=S=S=S=S=S=S=S=S=S=S=S=S=S=S=S=S=S=S=S=S=S=S=S=S=S=S=S=S=S=S=S=S=S=S=S=S=S=S=S=S=S=S=S. The Hall–Kier alpha value is 16.0. The minimum atomic E-state index is -0.309. The molecule has 0 heterocycles. The number of carbonyl (C=O) groups is 2. The van der Waals surface area contributed by atoms with Crippen molar-refractivity contribution >= 4 is 733 Å². The van der Waals surface area contributed by atoms with Gasteiger partial charge in [-0.2, -0.15) is 0 Å². The van der Waals surface area contributed by atoms with Crippen molar-refractivity contribution in [2.45, 2.75) is 65.2 Å². The highest BCUT2D eigenvalue weighted by atomic mass is 33.6. The number of amides is 1. The molecule has 1 aromatic carbocycles. The molecule has 0 saturated heterocycles. The van der Waals surface area contributed by atoms with Gasteiger partial charge in [0.2, 0.25) is 5.91 Å². The summed E-state index contributed by atoms with van der Waals surface area (Å²) < 4.78 is 0. The van der Waals surface area contributed by atoms with Gasteiger partial charge in [0.15, 0.2) is 6.29 Å². The maximum absolute atomic E-state index is 12.7. The summed E-state index contributed by atoms with van der Waals surface area (Å²) in [4.78, 5) is 24.0. The molecule has 0 aliphatic heterocycles. The Morgan fingerprint density at radius 2 is 0.471 bits per heavy atom. The molecule has 0 atom stereocenters. The maximum atomic E-state index is 12.7. The molecule has 83 heteroatoms. The second-order valence-electron chi connectivity index (χ2n) is 13.1. The third-order valence-corrected chi connectivity index (χ3v) is 178. The average molecular weight is 2870 g/mol. The summed E-state index contributed by atoms with van der Waals surface area (Å²) in [6, 6.07) is 5.70. The first-order valence-electron chi connectivity index (χ1n) is 21.3. The smallest absolute Gasteiger partial charge is 0.230 e. The van der Waals surface area contributed by atoms with Crippen LogP contribution in [0.5, 0.6) is 0 Å². The lowest BCUT2D eigenvalue weighted by Gasteiger charge is -2.32. The molecule has 1 aliphatic carbocycles. The van der Waals surface area contributed by atoms with E-state index in [9.17, 15) is 9.59 Å². The molecule has 0 unspecified atom stereocenters. The first-order chi connectivity index (χ1) is 50.2. The lowest BCUT2D eigenvalue weighted by atomic mass is 9.75. The van der Waals surface area contributed by atoms with Crippen molar-refractivity contribution < 1.29 is 9.59 Å². The van der Waals surface area contributed by atoms with Gasteiger partial charge in [0.25, 0.3) is 0 Å². The fourth-order valence-corrected chi connectivity index (χ4v) is 212. The monoisotopic (exact) mass is 2860 g/mol. The van der Waals surface area contributed by atoms with E-state index in [1.165, 1.54) is 24.2 Å². The summed E-state index contributed by atoms with van der Waals surface area (Å²) in [5, 5.41) is 3.01. The van der Waals surface area contributed by atoms with E-state index in [1.807, 2.05) is 587 Å². The van der Waals surface area contributed by atoms with Gasteiger partial charge in [0.05, 0.1) is 5.69 Å². The minimum Gasteiger partial charge on any atom is -0.325 e. The zero-order valence-corrected chi connectivity index (χ0v) is 112. The first-order valence-corrected chi connectivity index (χ1v) is 127. The molecule has 1 N–H and O–H groups in total. The third kappa shape index (κ3) is 85.4.